The Morgan fingerprint density at radius 3 is 2.46 bits per heavy atom. The van der Waals surface area contributed by atoms with Crippen molar-refractivity contribution in [3.05, 3.63) is 23.8 Å². The second kappa shape index (κ2) is 11.1. The highest BCUT2D eigenvalue weighted by molar-refractivity contribution is 9.09. The van der Waals surface area contributed by atoms with Crippen LogP contribution in [0.3, 0.4) is 0 Å². The van der Waals surface area contributed by atoms with Crippen LogP contribution < -0.4 is 9.47 Å². The van der Waals surface area contributed by atoms with Gasteiger partial charge in [0.05, 0.1) is 20.3 Å². The molecule has 0 spiro atoms. The summed E-state index contributed by atoms with van der Waals surface area (Å²) in [6, 6.07) is 8.68. The third kappa shape index (κ3) is 5.57. The summed E-state index contributed by atoms with van der Waals surface area (Å²) in [6.45, 7) is 0. The van der Waals surface area contributed by atoms with Crippen LogP contribution in [0.1, 0.15) is 63.4 Å². The van der Waals surface area contributed by atoms with Gasteiger partial charge in [0.25, 0.3) is 0 Å². The van der Waals surface area contributed by atoms with Crippen LogP contribution in [0.15, 0.2) is 18.2 Å². The van der Waals surface area contributed by atoms with Crippen LogP contribution in [0.25, 0.3) is 0 Å². The lowest BCUT2D eigenvalue weighted by atomic mass is 9.93. The van der Waals surface area contributed by atoms with Gasteiger partial charge in [-0.3, -0.25) is 0 Å². The summed E-state index contributed by atoms with van der Waals surface area (Å²) in [4.78, 5) is 0. The Bertz CT molecular complexity index is 598. The first-order valence-electron chi connectivity index (χ1n) is 9.56. The molecule has 1 aromatic carbocycles. The molecule has 0 radical (unpaired) electrons. The molecule has 1 fully saturated rings. The molecule has 0 heterocycles. The van der Waals surface area contributed by atoms with Gasteiger partial charge < -0.3 is 9.47 Å². The summed E-state index contributed by atoms with van der Waals surface area (Å²) in [7, 11) is 3.30. The summed E-state index contributed by atoms with van der Waals surface area (Å²) >= 11 is 5.39. The van der Waals surface area contributed by atoms with E-state index in [0.717, 1.165) is 36.6 Å². The van der Waals surface area contributed by atoms with E-state index in [9.17, 15) is 5.26 Å². The number of ether oxygens (including phenoxy) is 2. The van der Waals surface area contributed by atoms with Gasteiger partial charge in [0, 0.05) is 10.6 Å². The molecule has 0 bridgehead atoms. The first-order valence-corrected chi connectivity index (χ1v) is 11.6. The molecule has 26 heavy (non-hydrogen) atoms. The number of unbranched alkanes of at least 4 members (excludes halogenated alkanes) is 2. The Kier molecular flexibility index (Phi) is 9.15. The van der Waals surface area contributed by atoms with E-state index in [-0.39, 0.29) is 0 Å². The third-order valence-corrected chi connectivity index (χ3v) is 7.41. The van der Waals surface area contributed by atoms with E-state index in [0.29, 0.717) is 16.7 Å². The number of nitrogens with zero attached hydrogens (tertiary/aromatic N) is 1. The number of methoxy groups -OCH3 is 2. The SMILES string of the molecule is COc1ccc(C(C#N)(CCCCCBr)SC2CCCCC2)cc1OC. The molecule has 1 unspecified atom stereocenters. The molecule has 1 aromatic rings. The van der Waals surface area contributed by atoms with Crippen LogP contribution in [0.5, 0.6) is 11.5 Å². The molecule has 0 aromatic heterocycles. The Labute approximate surface area is 171 Å². The quantitative estimate of drug-likeness (QED) is 0.310. The van der Waals surface area contributed by atoms with E-state index in [1.54, 1.807) is 14.2 Å². The zero-order valence-corrected chi connectivity index (χ0v) is 18.3. The highest BCUT2D eigenvalue weighted by Gasteiger charge is 2.36. The van der Waals surface area contributed by atoms with Crippen molar-refractivity contribution in [2.75, 3.05) is 19.5 Å². The fourth-order valence-corrected chi connectivity index (χ4v) is 5.73. The van der Waals surface area contributed by atoms with Crippen molar-refractivity contribution < 1.29 is 9.47 Å². The molecule has 1 saturated carbocycles. The lowest BCUT2D eigenvalue weighted by Gasteiger charge is -2.33. The fraction of sp³-hybridized carbons (Fsp3) is 0.667. The first-order chi connectivity index (χ1) is 12.7. The summed E-state index contributed by atoms with van der Waals surface area (Å²) in [5.74, 6) is 1.42. The molecule has 0 aliphatic heterocycles. The first kappa shape index (κ1) is 21.4. The summed E-state index contributed by atoms with van der Waals surface area (Å²) in [5, 5.41) is 11.9. The second-order valence-electron chi connectivity index (χ2n) is 6.89. The zero-order valence-electron chi connectivity index (χ0n) is 15.9. The molecule has 2 rings (SSSR count). The topological polar surface area (TPSA) is 42.2 Å². The van der Waals surface area contributed by atoms with E-state index in [2.05, 4.69) is 22.0 Å². The average Bonchev–Trinajstić information content (AvgIpc) is 2.70. The summed E-state index contributed by atoms with van der Waals surface area (Å²) in [5.41, 5.74) is 1.05. The van der Waals surface area contributed by atoms with Crippen molar-refractivity contribution >= 4 is 27.7 Å². The van der Waals surface area contributed by atoms with Crippen molar-refractivity contribution in [1.29, 1.82) is 5.26 Å². The van der Waals surface area contributed by atoms with E-state index in [1.807, 2.05) is 30.0 Å². The standard InChI is InChI=1S/C21H30BrNO2S/c1-24-19-12-11-17(15-20(19)25-2)21(16-23,13-7-4-8-14-22)26-18-9-5-3-6-10-18/h11-12,15,18H,3-10,13-14H2,1-2H3. The van der Waals surface area contributed by atoms with Gasteiger partial charge >= 0.3 is 0 Å². The number of alkyl halides is 1. The van der Waals surface area contributed by atoms with Crippen molar-refractivity contribution in [1.82, 2.24) is 0 Å². The number of thioether (sulfide) groups is 1. The molecule has 144 valence electrons. The van der Waals surface area contributed by atoms with Gasteiger partial charge in [0.1, 0.15) is 4.75 Å². The van der Waals surface area contributed by atoms with E-state index >= 15 is 0 Å². The van der Waals surface area contributed by atoms with Crippen molar-refractivity contribution in [3.63, 3.8) is 0 Å². The number of benzene rings is 1. The largest absolute Gasteiger partial charge is 0.493 e. The molecule has 0 saturated heterocycles. The van der Waals surface area contributed by atoms with Crippen LogP contribution in [-0.4, -0.2) is 24.8 Å². The predicted molar refractivity (Wildman–Crippen MR) is 114 cm³/mol. The molecule has 1 atom stereocenters. The zero-order chi connectivity index (χ0) is 18.8. The predicted octanol–water partition coefficient (Wildman–Crippen LogP) is 6.44. The second-order valence-corrected chi connectivity index (χ2v) is 9.28. The molecule has 3 nitrogen and oxygen atoms in total. The van der Waals surface area contributed by atoms with Crippen molar-refractivity contribution in [2.24, 2.45) is 0 Å². The van der Waals surface area contributed by atoms with Crippen LogP contribution >= 0.6 is 27.7 Å². The van der Waals surface area contributed by atoms with Crippen molar-refractivity contribution in [3.8, 4) is 17.6 Å². The lowest BCUT2D eigenvalue weighted by Crippen LogP contribution is -2.25. The van der Waals surface area contributed by atoms with Gasteiger partial charge in [-0.15, -0.1) is 11.8 Å². The highest BCUT2D eigenvalue weighted by Crippen LogP contribution is 2.48. The monoisotopic (exact) mass is 439 g/mol. The minimum absolute atomic E-state index is 0.506. The molecule has 1 aliphatic carbocycles. The molecule has 0 N–H and O–H groups in total. The maximum Gasteiger partial charge on any atom is 0.161 e. The van der Waals surface area contributed by atoms with E-state index < -0.39 is 4.75 Å². The maximum absolute atomic E-state index is 10.3. The molecular weight excluding hydrogens is 410 g/mol. The summed E-state index contributed by atoms with van der Waals surface area (Å²) in [6.07, 6.45) is 10.6. The van der Waals surface area contributed by atoms with Crippen molar-refractivity contribution in [2.45, 2.75) is 67.8 Å². The number of halogens is 1. The van der Waals surface area contributed by atoms with E-state index in [4.69, 9.17) is 9.47 Å². The highest BCUT2D eigenvalue weighted by atomic mass is 79.9. The Balaban J connectivity index is 2.29. The molecular formula is C21H30BrNO2S. The molecule has 5 heteroatoms. The lowest BCUT2D eigenvalue weighted by molar-refractivity contribution is 0.354. The number of hydrogen-bond acceptors (Lipinski definition) is 4. The van der Waals surface area contributed by atoms with Gasteiger partial charge in [-0.1, -0.05) is 54.1 Å². The van der Waals surface area contributed by atoms with Crippen LogP contribution in [0.2, 0.25) is 0 Å². The minimum Gasteiger partial charge on any atom is -0.493 e. The Hall–Kier alpha value is -0.860. The van der Waals surface area contributed by atoms with Crippen LogP contribution in [-0.2, 0) is 4.75 Å². The number of nitriles is 1. The smallest absolute Gasteiger partial charge is 0.161 e. The Morgan fingerprint density at radius 2 is 1.85 bits per heavy atom. The number of hydrogen-bond donors (Lipinski definition) is 0. The summed E-state index contributed by atoms with van der Waals surface area (Å²) < 4.78 is 10.4. The normalized spacial score (nSPS) is 17.3. The third-order valence-electron chi connectivity index (χ3n) is 5.11. The van der Waals surface area contributed by atoms with Gasteiger partial charge in [-0.25, -0.2) is 0 Å². The van der Waals surface area contributed by atoms with Gasteiger partial charge in [0.2, 0.25) is 0 Å². The minimum atomic E-state index is -0.506. The molecule has 0 amide bonds. The average molecular weight is 440 g/mol. The van der Waals surface area contributed by atoms with Gasteiger partial charge in [-0.2, -0.15) is 5.26 Å². The fourth-order valence-electron chi connectivity index (χ4n) is 3.62. The number of rotatable bonds is 10. The van der Waals surface area contributed by atoms with E-state index in [1.165, 1.54) is 32.1 Å². The Morgan fingerprint density at radius 1 is 1.12 bits per heavy atom. The van der Waals surface area contributed by atoms with Crippen LogP contribution in [0, 0.1) is 11.3 Å². The maximum atomic E-state index is 10.3. The van der Waals surface area contributed by atoms with Gasteiger partial charge in [0.15, 0.2) is 11.5 Å². The van der Waals surface area contributed by atoms with Crippen LogP contribution in [0.4, 0.5) is 0 Å². The van der Waals surface area contributed by atoms with Gasteiger partial charge in [-0.05, 0) is 43.4 Å². The molecule has 1 aliphatic rings.